The number of fused-ring (bicyclic) bond motifs is 1. The summed E-state index contributed by atoms with van der Waals surface area (Å²) in [5, 5.41) is 13.5. The van der Waals surface area contributed by atoms with Crippen molar-refractivity contribution < 1.29 is 40.6 Å². The fraction of sp³-hybridized carbons (Fsp3) is 0.393. The molecule has 1 amide bonds. The maximum absolute atomic E-state index is 13.8. The molecule has 1 aliphatic rings. The Morgan fingerprint density at radius 2 is 1.72 bits per heavy atom. The lowest BCUT2D eigenvalue weighted by Crippen LogP contribution is -2.48. The molecule has 12 nitrogen and oxygen atoms in total. The molecule has 0 aliphatic carbocycles. The van der Waals surface area contributed by atoms with Crippen LogP contribution in [0.4, 0.5) is 42.8 Å². The summed E-state index contributed by atoms with van der Waals surface area (Å²) in [4.78, 5) is 29.3. The first-order valence-corrected chi connectivity index (χ1v) is 14.0. The second-order valence-electron chi connectivity index (χ2n) is 10.2. The van der Waals surface area contributed by atoms with E-state index in [0.717, 1.165) is 0 Å². The van der Waals surface area contributed by atoms with Gasteiger partial charge in [-0.2, -0.15) is 31.6 Å². The van der Waals surface area contributed by atoms with E-state index in [-0.39, 0.29) is 48.0 Å². The summed E-state index contributed by atoms with van der Waals surface area (Å²) in [5.74, 6) is 0.281. The number of aromatic nitrogens is 7. The van der Waals surface area contributed by atoms with E-state index >= 15 is 0 Å². The van der Waals surface area contributed by atoms with Crippen LogP contribution < -0.4 is 14.5 Å². The molecule has 0 unspecified atom stereocenters. The molecule has 0 fully saturated rings. The van der Waals surface area contributed by atoms with E-state index in [4.69, 9.17) is 9.47 Å². The fourth-order valence-corrected chi connectivity index (χ4v) is 5.24. The van der Waals surface area contributed by atoms with Gasteiger partial charge in [0.05, 0.1) is 47.8 Å². The zero-order valence-corrected chi connectivity index (χ0v) is 24.6. The summed E-state index contributed by atoms with van der Waals surface area (Å²) < 4.78 is 93.4. The lowest BCUT2D eigenvalue weighted by Gasteiger charge is -2.43. The number of alkyl halides is 6. The Morgan fingerprint density at radius 1 is 1.04 bits per heavy atom. The van der Waals surface area contributed by atoms with Crippen molar-refractivity contribution >= 4 is 17.7 Å². The average molecular weight is 652 g/mol. The van der Waals surface area contributed by atoms with Crippen molar-refractivity contribution in [2.45, 2.75) is 57.7 Å². The number of H-pyrrole nitrogens is 1. The van der Waals surface area contributed by atoms with Gasteiger partial charge < -0.3 is 14.4 Å². The molecule has 4 aromatic rings. The summed E-state index contributed by atoms with van der Waals surface area (Å²) in [7, 11) is 1.38. The van der Waals surface area contributed by atoms with Crippen LogP contribution in [0.25, 0.3) is 11.4 Å². The van der Waals surface area contributed by atoms with Crippen LogP contribution in [-0.2, 0) is 23.6 Å². The molecule has 2 atom stereocenters. The van der Waals surface area contributed by atoms with Crippen molar-refractivity contribution in [1.29, 1.82) is 0 Å². The Balaban J connectivity index is 1.68. The first-order chi connectivity index (χ1) is 21.8. The summed E-state index contributed by atoms with van der Waals surface area (Å²) in [5.41, 5.74) is -2.30. The monoisotopic (exact) mass is 651 g/mol. The average Bonchev–Trinajstić information content (AvgIpc) is 3.57. The minimum Gasteiger partial charge on any atom is -0.481 e. The van der Waals surface area contributed by atoms with Gasteiger partial charge in [0, 0.05) is 31.0 Å². The lowest BCUT2D eigenvalue weighted by molar-refractivity contribution is -0.143. The molecular weight excluding hydrogens is 624 g/mol. The standard InChI is InChI=1S/C28H27F6N9O3/c1-4-19-11-21(23-20(6-7-22(37-23)45-3)43(19)26(44)46-5-2)42(25-35-12-16(13-36-25)24-38-40-41-39-24)14-15-8-17(27(29,30)31)10-18(9-15)28(32,33)34/h6-10,12-13,19,21H,4-5,11,14H2,1-3H3,(H,38,39,40,41)/t19-,21+/m1/s1. The highest BCUT2D eigenvalue weighted by Gasteiger charge is 2.42. The Hall–Kier alpha value is -5.03. The third-order valence-electron chi connectivity index (χ3n) is 7.33. The number of carbonyl (C=O) groups is 1. The zero-order valence-electron chi connectivity index (χ0n) is 24.6. The number of halogens is 6. The molecule has 18 heteroatoms. The lowest BCUT2D eigenvalue weighted by atomic mass is 9.92. The highest BCUT2D eigenvalue weighted by atomic mass is 19.4. The molecule has 0 saturated heterocycles. The molecule has 1 N–H and O–H groups in total. The van der Waals surface area contributed by atoms with E-state index in [1.54, 1.807) is 13.0 Å². The van der Waals surface area contributed by atoms with Crippen molar-refractivity contribution in [2.75, 3.05) is 23.5 Å². The maximum Gasteiger partial charge on any atom is 0.416 e. The number of nitrogens with zero attached hydrogens (tertiary/aromatic N) is 8. The Kier molecular flexibility index (Phi) is 8.98. The minimum absolute atomic E-state index is 0.0433. The minimum atomic E-state index is -5.05. The SMILES string of the molecule is CCOC(=O)N1c2ccc(OC)nc2[C@@H](N(Cc2cc(C(F)(F)F)cc(C(F)(F)F)c2)c2ncc(-c3nn[nH]n3)cn2)C[C@H]1CC. The van der Waals surface area contributed by atoms with E-state index < -0.39 is 48.2 Å². The van der Waals surface area contributed by atoms with Crippen molar-refractivity contribution in [2.24, 2.45) is 0 Å². The number of amides is 1. The Labute approximate surface area is 257 Å². The fourth-order valence-electron chi connectivity index (χ4n) is 5.24. The van der Waals surface area contributed by atoms with Crippen LogP contribution in [0.5, 0.6) is 5.88 Å². The Bertz CT molecular complexity index is 1630. The van der Waals surface area contributed by atoms with Crippen molar-refractivity contribution in [3.8, 4) is 17.3 Å². The summed E-state index contributed by atoms with van der Waals surface area (Å²) in [6.07, 6.45) is -7.48. The van der Waals surface area contributed by atoms with Gasteiger partial charge >= 0.3 is 18.4 Å². The number of aromatic amines is 1. The molecule has 1 aromatic carbocycles. The quantitative estimate of drug-likeness (QED) is 0.226. The molecule has 244 valence electrons. The van der Waals surface area contributed by atoms with E-state index in [1.807, 2.05) is 6.92 Å². The highest BCUT2D eigenvalue weighted by molar-refractivity contribution is 5.90. The summed E-state index contributed by atoms with van der Waals surface area (Å²) in [6.45, 7) is 3.09. The smallest absolute Gasteiger partial charge is 0.416 e. The van der Waals surface area contributed by atoms with Crippen LogP contribution in [0.3, 0.4) is 0 Å². The van der Waals surface area contributed by atoms with E-state index in [9.17, 15) is 31.1 Å². The molecule has 0 bridgehead atoms. The number of anilines is 2. The summed E-state index contributed by atoms with van der Waals surface area (Å²) >= 11 is 0. The third-order valence-corrected chi connectivity index (χ3v) is 7.33. The number of nitrogens with one attached hydrogen (secondary N) is 1. The second-order valence-corrected chi connectivity index (χ2v) is 10.2. The van der Waals surface area contributed by atoms with Gasteiger partial charge in [0.1, 0.15) is 0 Å². The number of benzene rings is 1. The van der Waals surface area contributed by atoms with Crippen LogP contribution in [0, 0.1) is 0 Å². The van der Waals surface area contributed by atoms with Gasteiger partial charge in [-0.25, -0.2) is 19.7 Å². The van der Waals surface area contributed by atoms with Crippen LogP contribution in [0.2, 0.25) is 0 Å². The zero-order chi connectivity index (χ0) is 33.2. The number of pyridine rings is 1. The number of carbonyl (C=O) groups excluding carboxylic acids is 1. The molecule has 3 aromatic heterocycles. The van der Waals surface area contributed by atoms with Crippen molar-refractivity contribution in [3.05, 3.63) is 65.1 Å². The largest absolute Gasteiger partial charge is 0.481 e. The molecular formula is C28H27F6N9O3. The molecule has 0 saturated carbocycles. The topological polar surface area (TPSA) is 135 Å². The van der Waals surface area contributed by atoms with Crippen LogP contribution in [0.15, 0.2) is 42.7 Å². The van der Waals surface area contributed by atoms with E-state index in [1.165, 1.54) is 35.4 Å². The van der Waals surface area contributed by atoms with Crippen LogP contribution >= 0.6 is 0 Å². The van der Waals surface area contributed by atoms with Crippen LogP contribution in [0.1, 0.15) is 55.1 Å². The van der Waals surface area contributed by atoms with Crippen molar-refractivity contribution in [3.63, 3.8) is 0 Å². The predicted molar refractivity (Wildman–Crippen MR) is 150 cm³/mol. The van der Waals surface area contributed by atoms with Gasteiger partial charge in [0.15, 0.2) is 0 Å². The van der Waals surface area contributed by atoms with Gasteiger partial charge in [-0.15, -0.1) is 10.2 Å². The molecule has 46 heavy (non-hydrogen) atoms. The van der Waals surface area contributed by atoms with Gasteiger partial charge in [-0.05, 0) is 54.8 Å². The first kappa shape index (κ1) is 32.4. The molecule has 0 radical (unpaired) electrons. The van der Waals surface area contributed by atoms with Crippen molar-refractivity contribution in [1.82, 2.24) is 35.6 Å². The number of ether oxygens (including phenoxy) is 2. The number of hydrogen-bond acceptors (Lipinski definition) is 10. The van der Waals surface area contributed by atoms with Gasteiger partial charge in [0.25, 0.3) is 0 Å². The van der Waals surface area contributed by atoms with Gasteiger partial charge in [-0.1, -0.05) is 6.92 Å². The molecule has 4 heterocycles. The first-order valence-electron chi connectivity index (χ1n) is 14.0. The predicted octanol–water partition coefficient (Wildman–Crippen LogP) is 5.99. The number of tetrazole rings is 1. The van der Waals surface area contributed by atoms with Gasteiger partial charge in [-0.3, -0.25) is 4.90 Å². The normalized spacial score (nSPS) is 16.6. The van der Waals surface area contributed by atoms with E-state index in [2.05, 4.69) is 35.6 Å². The second kappa shape index (κ2) is 12.8. The molecule has 5 rings (SSSR count). The highest BCUT2D eigenvalue weighted by Crippen LogP contribution is 2.44. The maximum atomic E-state index is 13.8. The number of hydrogen-bond donors (Lipinski definition) is 1. The summed E-state index contributed by atoms with van der Waals surface area (Å²) in [6, 6.07) is 3.15. The Morgan fingerprint density at radius 3 is 2.26 bits per heavy atom. The third kappa shape index (κ3) is 6.64. The molecule has 1 aliphatic heterocycles. The number of methoxy groups -OCH3 is 1. The van der Waals surface area contributed by atoms with Crippen LogP contribution in [-0.4, -0.2) is 61.4 Å². The van der Waals surface area contributed by atoms with Gasteiger partial charge in [0.2, 0.25) is 17.7 Å². The van der Waals surface area contributed by atoms with E-state index in [0.29, 0.717) is 29.8 Å². The number of rotatable bonds is 8. The molecule has 0 spiro atoms.